The number of hydrogen-bond donors (Lipinski definition) is 1. The van der Waals surface area contributed by atoms with Crippen molar-refractivity contribution in [2.45, 2.75) is 0 Å². The van der Waals surface area contributed by atoms with Gasteiger partial charge in [0.1, 0.15) is 5.75 Å². The van der Waals surface area contributed by atoms with E-state index in [1.54, 1.807) is 6.07 Å². The Hall–Kier alpha value is -8.57. The summed E-state index contributed by atoms with van der Waals surface area (Å²) in [5.41, 5.74) is 11.4. The predicted molar refractivity (Wildman–Crippen MR) is 303 cm³/mol. The van der Waals surface area contributed by atoms with E-state index >= 15 is 0 Å². The van der Waals surface area contributed by atoms with Gasteiger partial charge < -0.3 is 9.68 Å². The maximum Gasteiger partial charge on any atom is 0.569 e. The minimum atomic E-state index is 0.0860. The van der Waals surface area contributed by atoms with Crippen LogP contribution in [0.15, 0.2) is 243 Å². The van der Waals surface area contributed by atoms with Gasteiger partial charge in [-0.25, -0.2) is 4.98 Å². The standard InChI is InChI=1S/C31H20ClN3.C16H12BO2.C15H9Cl2N3/c32-31-34-29(33-30(35-31)28-18-7-6-17-26(28)21-10-2-1-3-11-21)24-15-8-14-23(20-24)27-19-9-13-22-12-4-5-16-25(22)27;18-17-19-14-8-3-7-13(11-14)16-10-4-6-12-5-1-2-9-15(12)16;16-14-18-13(19-15(17)20-14)12-9-5-4-8-11(12)10-6-2-1-3-7-10/h1-20H;1-11,18H;1-9H. The van der Waals surface area contributed by atoms with Crippen molar-refractivity contribution < 1.29 is 9.68 Å². The fraction of sp³-hybridized carbons (Fsp3) is 0. The van der Waals surface area contributed by atoms with Crippen LogP contribution in [-0.2, 0) is 0 Å². The Morgan fingerprint density at radius 1 is 0.297 bits per heavy atom. The van der Waals surface area contributed by atoms with Crippen molar-refractivity contribution in [1.29, 1.82) is 0 Å². The molecule has 2 heterocycles. The summed E-state index contributed by atoms with van der Waals surface area (Å²) in [5, 5.41) is 13.9. The summed E-state index contributed by atoms with van der Waals surface area (Å²) < 4.78 is 5.01. The Labute approximate surface area is 444 Å². The van der Waals surface area contributed by atoms with Gasteiger partial charge in [-0.05, 0) is 119 Å². The van der Waals surface area contributed by atoms with E-state index in [1.807, 2.05) is 140 Å². The van der Waals surface area contributed by atoms with Crippen LogP contribution in [0.1, 0.15) is 0 Å². The molecule has 0 atom stereocenters. The topological polar surface area (TPSA) is 107 Å². The van der Waals surface area contributed by atoms with E-state index in [4.69, 9.17) is 49.5 Å². The van der Waals surface area contributed by atoms with E-state index < -0.39 is 0 Å². The Kier molecular flexibility index (Phi) is 15.5. The van der Waals surface area contributed by atoms with Gasteiger partial charge in [-0.1, -0.05) is 224 Å². The predicted octanol–water partition coefficient (Wildman–Crippen LogP) is 16.3. The van der Waals surface area contributed by atoms with Gasteiger partial charge in [-0.15, -0.1) is 0 Å². The first-order chi connectivity index (χ1) is 36.4. The zero-order valence-electron chi connectivity index (χ0n) is 39.3. The normalized spacial score (nSPS) is 10.7. The number of rotatable bonds is 9. The van der Waals surface area contributed by atoms with Crippen molar-refractivity contribution >= 4 is 64.0 Å². The van der Waals surface area contributed by atoms with Crippen molar-refractivity contribution in [1.82, 2.24) is 29.9 Å². The van der Waals surface area contributed by atoms with Crippen LogP contribution in [0.2, 0.25) is 15.9 Å². The fourth-order valence-corrected chi connectivity index (χ4v) is 9.24. The van der Waals surface area contributed by atoms with E-state index in [2.05, 4.69) is 122 Å². The van der Waals surface area contributed by atoms with Gasteiger partial charge in [-0.3, -0.25) is 0 Å². The molecular formula is C62H41BCl3N6O2. The van der Waals surface area contributed by atoms with Gasteiger partial charge >= 0.3 is 7.69 Å². The molecule has 8 nitrogen and oxygen atoms in total. The minimum Gasteiger partial charge on any atom is -0.537 e. The highest BCUT2D eigenvalue weighted by Gasteiger charge is 2.16. The lowest BCUT2D eigenvalue weighted by atomic mass is 9.97. The summed E-state index contributed by atoms with van der Waals surface area (Å²) in [6.45, 7) is 0. The molecule has 0 unspecified atom stereocenters. The van der Waals surface area contributed by atoms with Crippen LogP contribution in [0.25, 0.3) is 100 Å². The molecule has 0 saturated carbocycles. The van der Waals surface area contributed by atoms with Crippen molar-refractivity contribution in [3.63, 3.8) is 0 Å². The van der Waals surface area contributed by atoms with E-state index in [1.165, 1.54) is 27.1 Å². The van der Waals surface area contributed by atoms with Crippen LogP contribution in [0.3, 0.4) is 0 Å². The van der Waals surface area contributed by atoms with Crippen molar-refractivity contribution in [3.05, 3.63) is 259 Å². The molecule has 12 rings (SSSR count). The Morgan fingerprint density at radius 3 is 1.20 bits per heavy atom. The van der Waals surface area contributed by atoms with Crippen molar-refractivity contribution in [2.75, 3.05) is 0 Å². The summed E-state index contributed by atoms with van der Waals surface area (Å²) >= 11 is 18.1. The van der Waals surface area contributed by atoms with Crippen molar-refractivity contribution in [3.8, 4) is 84.4 Å². The molecule has 12 heteroatoms. The summed E-state index contributed by atoms with van der Waals surface area (Å²) in [6, 6.07) is 81.3. The molecular weight excluding hydrogens is 978 g/mol. The molecule has 1 N–H and O–H groups in total. The third-order valence-corrected chi connectivity index (χ3v) is 12.5. The molecule has 0 fully saturated rings. The number of halogens is 3. The molecule has 0 aliphatic heterocycles. The van der Waals surface area contributed by atoms with Gasteiger partial charge in [0.25, 0.3) is 0 Å². The number of aromatic nitrogens is 6. The van der Waals surface area contributed by atoms with Crippen LogP contribution in [0, 0.1) is 0 Å². The molecule has 74 heavy (non-hydrogen) atoms. The fourth-order valence-electron chi connectivity index (χ4n) is 8.72. The smallest absolute Gasteiger partial charge is 0.537 e. The van der Waals surface area contributed by atoms with E-state index in [-0.39, 0.29) is 15.9 Å². The first kappa shape index (κ1) is 49.0. The lowest BCUT2D eigenvalue weighted by Gasteiger charge is -2.11. The molecule has 12 aromatic rings. The second-order valence-electron chi connectivity index (χ2n) is 16.7. The number of fused-ring (bicyclic) bond motifs is 2. The Balaban J connectivity index is 0.000000137. The van der Waals surface area contributed by atoms with Crippen LogP contribution in [0.4, 0.5) is 0 Å². The second kappa shape index (κ2) is 23.3. The van der Waals surface area contributed by atoms with E-state index in [0.29, 0.717) is 30.9 Å². The van der Waals surface area contributed by atoms with Gasteiger partial charge in [0, 0.05) is 16.7 Å². The summed E-state index contributed by atoms with van der Waals surface area (Å²) in [5.74, 6) is 2.18. The quantitative estimate of drug-likeness (QED) is 0.143. The highest BCUT2D eigenvalue weighted by atomic mass is 35.5. The average Bonchev–Trinajstić information content (AvgIpc) is 3.46. The zero-order valence-corrected chi connectivity index (χ0v) is 41.6. The molecule has 0 aliphatic rings. The highest BCUT2D eigenvalue weighted by molar-refractivity contribution is 6.31. The van der Waals surface area contributed by atoms with Crippen LogP contribution in [-0.4, -0.2) is 42.6 Å². The number of benzene rings is 10. The lowest BCUT2D eigenvalue weighted by Crippen LogP contribution is -1.99. The van der Waals surface area contributed by atoms with E-state index in [0.717, 1.165) is 55.6 Å². The van der Waals surface area contributed by atoms with E-state index in [9.17, 15) is 0 Å². The third-order valence-electron chi connectivity index (χ3n) is 12.0. The number of nitrogens with zero attached hydrogens (tertiary/aromatic N) is 6. The molecule has 0 bridgehead atoms. The zero-order chi connectivity index (χ0) is 50.6. The maximum atomic E-state index is 8.71. The van der Waals surface area contributed by atoms with Gasteiger partial charge in [0.15, 0.2) is 17.5 Å². The molecule has 0 spiro atoms. The molecule has 355 valence electrons. The lowest BCUT2D eigenvalue weighted by molar-refractivity contribution is 0.454. The SMILES string of the molecule is Clc1nc(-c2cccc(-c3cccc4ccccc34)c2)nc(-c2ccccc2-c2ccccc2)n1.Clc1nc(Cl)nc(-c2ccccc2-c2ccccc2)n1.O[B]Oc1cccc(-c2cccc3ccccc23)c1. The Bertz CT molecular complexity index is 3860. The maximum absolute atomic E-state index is 8.71. The molecule has 10 aromatic carbocycles. The van der Waals surface area contributed by atoms with Gasteiger partial charge in [0.2, 0.25) is 15.9 Å². The number of hydrogen-bond acceptors (Lipinski definition) is 8. The molecule has 2 aromatic heterocycles. The Morgan fingerprint density at radius 2 is 0.662 bits per heavy atom. The molecule has 0 aliphatic carbocycles. The van der Waals surface area contributed by atoms with Crippen LogP contribution in [0.5, 0.6) is 5.75 Å². The summed E-state index contributed by atoms with van der Waals surface area (Å²) in [4.78, 5) is 25.9. The largest absolute Gasteiger partial charge is 0.569 e. The molecule has 0 amide bonds. The summed E-state index contributed by atoms with van der Waals surface area (Å²) in [6.07, 6.45) is 0. The first-order valence-electron chi connectivity index (χ1n) is 23.5. The van der Waals surface area contributed by atoms with Crippen LogP contribution >= 0.6 is 34.8 Å². The monoisotopic (exact) mass is 1020 g/mol. The van der Waals surface area contributed by atoms with Gasteiger partial charge in [0.05, 0.1) is 0 Å². The second-order valence-corrected chi connectivity index (χ2v) is 17.7. The van der Waals surface area contributed by atoms with Crippen molar-refractivity contribution in [2.24, 2.45) is 0 Å². The van der Waals surface area contributed by atoms with Gasteiger partial charge in [-0.2, -0.15) is 24.9 Å². The molecule has 0 saturated heterocycles. The summed E-state index contributed by atoms with van der Waals surface area (Å²) in [7, 11) is 0.697. The third kappa shape index (κ3) is 11.5. The minimum absolute atomic E-state index is 0.0860. The van der Waals surface area contributed by atoms with Crippen LogP contribution < -0.4 is 4.65 Å². The average molecular weight is 1020 g/mol. The molecule has 1 radical (unpaired) electrons. The first-order valence-corrected chi connectivity index (χ1v) is 24.6. The highest BCUT2D eigenvalue weighted by Crippen LogP contribution is 2.35.